The fourth-order valence-electron chi connectivity index (χ4n) is 2.74. The third-order valence-corrected chi connectivity index (χ3v) is 3.98. The maximum absolute atomic E-state index is 14.9. The van der Waals surface area contributed by atoms with Crippen LogP contribution in [-0.2, 0) is 6.54 Å². The normalized spacial score (nSPS) is 15.5. The fourth-order valence-corrected chi connectivity index (χ4v) is 2.92. The molecular formula is C18H13ClFN3. The van der Waals surface area contributed by atoms with E-state index in [0.717, 1.165) is 11.5 Å². The molecule has 2 heterocycles. The van der Waals surface area contributed by atoms with Crippen LogP contribution in [0.3, 0.4) is 0 Å². The SMILES string of the molecule is [2H]c1c([2H])c([2H])c(C2=NCc3cnc(C)n3-c3ccc(Cl)cc32)c(F)c1[2H]. The molecule has 0 fully saturated rings. The van der Waals surface area contributed by atoms with Crippen molar-refractivity contribution in [2.45, 2.75) is 13.5 Å². The summed E-state index contributed by atoms with van der Waals surface area (Å²) in [5, 5.41) is 0.406. The molecule has 1 aromatic heterocycles. The van der Waals surface area contributed by atoms with E-state index in [4.69, 9.17) is 17.1 Å². The Labute approximate surface area is 143 Å². The lowest BCUT2D eigenvalue weighted by Crippen LogP contribution is -2.09. The van der Waals surface area contributed by atoms with Crippen molar-refractivity contribution in [3.63, 3.8) is 0 Å². The minimum absolute atomic E-state index is 0.139. The second-order valence-electron chi connectivity index (χ2n) is 5.15. The minimum Gasteiger partial charge on any atom is -0.298 e. The summed E-state index contributed by atoms with van der Waals surface area (Å²) in [5.74, 6) is -0.312. The molecule has 0 atom stereocenters. The molecule has 0 saturated heterocycles. The summed E-state index contributed by atoms with van der Waals surface area (Å²) in [4.78, 5) is 8.77. The van der Waals surface area contributed by atoms with Crippen LogP contribution < -0.4 is 0 Å². The Morgan fingerprint density at radius 2 is 2.09 bits per heavy atom. The summed E-state index contributed by atoms with van der Waals surface area (Å²) in [6.45, 7) is 2.02. The van der Waals surface area contributed by atoms with Gasteiger partial charge in [0, 0.05) is 16.1 Å². The molecular weight excluding hydrogens is 313 g/mol. The highest BCUT2D eigenvalue weighted by molar-refractivity contribution is 6.31. The van der Waals surface area contributed by atoms with Crippen LogP contribution in [0, 0.1) is 12.7 Å². The van der Waals surface area contributed by atoms with E-state index < -0.39 is 30.0 Å². The van der Waals surface area contributed by atoms with Crippen LogP contribution in [0.15, 0.2) is 53.6 Å². The van der Waals surface area contributed by atoms with Crippen LogP contribution in [0.25, 0.3) is 5.69 Å². The number of fused-ring (bicyclic) bond motifs is 3. The molecule has 0 spiro atoms. The van der Waals surface area contributed by atoms with Gasteiger partial charge in [-0.05, 0) is 37.2 Å². The molecule has 23 heavy (non-hydrogen) atoms. The Morgan fingerprint density at radius 3 is 2.96 bits per heavy atom. The van der Waals surface area contributed by atoms with Gasteiger partial charge in [-0.15, -0.1) is 0 Å². The first-order valence-corrected chi connectivity index (χ1v) is 7.33. The Kier molecular flexibility index (Phi) is 2.39. The third-order valence-electron chi connectivity index (χ3n) is 3.74. The molecule has 5 heteroatoms. The summed E-state index contributed by atoms with van der Waals surface area (Å²) in [6, 6.07) is 2.75. The van der Waals surface area contributed by atoms with E-state index in [2.05, 4.69) is 9.98 Å². The Morgan fingerprint density at radius 1 is 1.26 bits per heavy atom. The molecule has 3 nitrogen and oxygen atoms in total. The lowest BCUT2D eigenvalue weighted by Gasteiger charge is -2.14. The van der Waals surface area contributed by atoms with Gasteiger partial charge in [-0.2, -0.15) is 0 Å². The standard InChI is InChI=1S/C18H13ClFN3/c1-11-21-9-13-10-22-18(14-4-2-3-5-16(14)20)15-8-12(19)6-7-17(15)23(11)13/h2-9H,10H2,1H3/i2D,3D,4D,5D. The van der Waals surface area contributed by atoms with E-state index in [9.17, 15) is 4.39 Å². The summed E-state index contributed by atoms with van der Waals surface area (Å²) < 4.78 is 48.3. The van der Waals surface area contributed by atoms with E-state index >= 15 is 0 Å². The van der Waals surface area contributed by atoms with Gasteiger partial charge in [0.1, 0.15) is 11.6 Å². The highest BCUT2D eigenvalue weighted by Gasteiger charge is 2.22. The zero-order valence-corrected chi connectivity index (χ0v) is 12.9. The molecule has 1 aliphatic heterocycles. The van der Waals surface area contributed by atoms with Crippen LogP contribution in [-0.4, -0.2) is 15.3 Å². The van der Waals surface area contributed by atoms with Crippen LogP contribution in [0.5, 0.6) is 0 Å². The zero-order valence-electron chi connectivity index (χ0n) is 16.1. The van der Waals surface area contributed by atoms with Gasteiger partial charge in [0.25, 0.3) is 0 Å². The smallest absolute Gasteiger partial charge is 0.132 e. The second kappa shape index (κ2) is 5.32. The van der Waals surface area contributed by atoms with Crippen molar-refractivity contribution in [2.75, 3.05) is 0 Å². The van der Waals surface area contributed by atoms with Crippen LogP contribution >= 0.6 is 11.6 Å². The molecule has 2 aromatic carbocycles. The molecule has 0 N–H and O–H groups in total. The summed E-state index contributed by atoms with van der Waals surface area (Å²) in [7, 11) is 0. The van der Waals surface area contributed by atoms with E-state index in [0.29, 0.717) is 16.3 Å². The Hall–Kier alpha value is -2.46. The van der Waals surface area contributed by atoms with Crippen LogP contribution in [0.4, 0.5) is 4.39 Å². The number of aryl methyl sites for hydroxylation is 1. The van der Waals surface area contributed by atoms with E-state index in [-0.39, 0.29) is 17.8 Å². The number of aliphatic imine (C=N–C) groups is 1. The van der Waals surface area contributed by atoms with Crippen molar-refractivity contribution in [2.24, 2.45) is 4.99 Å². The average molecular weight is 330 g/mol. The summed E-state index contributed by atoms with van der Waals surface area (Å²) in [5.41, 5.74) is 1.81. The number of imidazole rings is 1. The van der Waals surface area contributed by atoms with Crippen molar-refractivity contribution in [1.29, 1.82) is 0 Å². The van der Waals surface area contributed by atoms with Gasteiger partial charge < -0.3 is 0 Å². The van der Waals surface area contributed by atoms with Gasteiger partial charge in [0.15, 0.2) is 0 Å². The Bertz CT molecular complexity index is 1110. The number of rotatable bonds is 1. The molecule has 114 valence electrons. The van der Waals surface area contributed by atoms with Crippen molar-refractivity contribution < 1.29 is 9.87 Å². The number of aromatic nitrogens is 2. The van der Waals surface area contributed by atoms with Crippen molar-refractivity contribution in [3.05, 3.63) is 82.1 Å². The van der Waals surface area contributed by atoms with Gasteiger partial charge in [-0.1, -0.05) is 23.7 Å². The first kappa shape index (κ1) is 10.3. The summed E-state index contributed by atoms with van der Waals surface area (Å²) >= 11 is 6.17. The van der Waals surface area contributed by atoms with Crippen molar-refractivity contribution in [1.82, 2.24) is 9.55 Å². The average Bonchev–Trinajstić information content (AvgIpc) is 2.93. The molecule has 0 radical (unpaired) electrons. The third kappa shape index (κ3) is 2.26. The van der Waals surface area contributed by atoms with E-state index in [1.807, 2.05) is 11.5 Å². The maximum atomic E-state index is 14.9. The monoisotopic (exact) mass is 329 g/mol. The largest absolute Gasteiger partial charge is 0.298 e. The quantitative estimate of drug-likeness (QED) is 0.653. The molecule has 0 aliphatic carbocycles. The number of benzene rings is 2. The number of hydrogen-bond acceptors (Lipinski definition) is 2. The lowest BCUT2D eigenvalue weighted by molar-refractivity contribution is 0.625. The predicted octanol–water partition coefficient (Wildman–Crippen LogP) is 4.32. The van der Waals surface area contributed by atoms with Gasteiger partial charge in [0.2, 0.25) is 0 Å². The molecule has 0 unspecified atom stereocenters. The molecule has 4 rings (SSSR count). The number of nitrogens with zero attached hydrogens (tertiary/aromatic N) is 3. The predicted molar refractivity (Wildman–Crippen MR) is 89.1 cm³/mol. The molecule has 0 amide bonds. The molecule has 0 saturated carbocycles. The highest BCUT2D eigenvalue weighted by atomic mass is 35.5. The molecule has 1 aliphatic rings. The number of halogens is 2. The lowest BCUT2D eigenvalue weighted by atomic mass is 10.00. The first-order valence-electron chi connectivity index (χ1n) is 8.95. The van der Waals surface area contributed by atoms with Crippen LogP contribution in [0.2, 0.25) is 5.02 Å². The zero-order chi connectivity index (χ0) is 19.5. The van der Waals surface area contributed by atoms with E-state index in [1.54, 1.807) is 24.4 Å². The summed E-state index contributed by atoms with van der Waals surface area (Å²) in [6.07, 6.45) is 1.68. The highest BCUT2D eigenvalue weighted by Crippen LogP contribution is 2.29. The van der Waals surface area contributed by atoms with Gasteiger partial charge in [-0.25, -0.2) is 9.37 Å². The maximum Gasteiger partial charge on any atom is 0.132 e. The Balaban J connectivity index is 2.08. The molecule has 3 aromatic rings. The van der Waals surface area contributed by atoms with Crippen LogP contribution in [0.1, 0.15) is 28.1 Å². The van der Waals surface area contributed by atoms with Gasteiger partial charge >= 0.3 is 0 Å². The van der Waals surface area contributed by atoms with Gasteiger partial charge in [-0.3, -0.25) is 9.56 Å². The van der Waals surface area contributed by atoms with Crippen molar-refractivity contribution in [3.8, 4) is 5.69 Å². The second-order valence-corrected chi connectivity index (χ2v) is 5.58. The van der Waals surface area contributed by atoms with E-state index in [1.165, 1.54) is 0 Å². The first-order chi connectivity index (χ1) is 12.8. The molecule has 0 bridgehead atoms. The fraction of sp³-hybridized carbons (Fsp3) is 0.111. The topological polar surface area (TPSA) is 30.2 Å². The van der Waals surface area contributed by atoms with Gasteiger partial charge in [0.05, 0.1) is 35.3 Å². The minimum atomic E-state index is -1.04. The number of hydrogen-bond donors (Lipinski definition) is 0. The van der Waals surface area contributed by atoms with Crippen molar-refractivity contribution >= 4 is 17.3 Å².